The van der Waals surface area contributed by atoms with Gasteiger partial charge in [-0.2, -0.15) is 10.2 Å². The van der Waals surface area contributed by atoms with Crippen LogP contribution in [0, 0.1) is 11.3 Å². The van der Waals surface area contributed by atoms with Gasteiger partial charge in [0.2, 0.25) is 5.95 Å². The molecular weight excluding hydrogens is 336 g/mol. The molecule has 2 heterocycles. The summed E-state index contributed by atoms with van der Waals surface area (Å²) in [7, 11) is 1.77. The predicted octanol–water partition coefficient (Wildman–Crippen LogP) is 4.15. The lowest BCUT2D eigenvalue weighted by Crippen LogP contribution is -2.08. The van der Waals surface area contributed by atoms with Gasteiger partial charge in [-0.25, -0.2) is 9.97 Å². The molecule has 0 amide bonds. The summed E-state index contributed by atoms with van der Waals surface area (Å²) in [6.45, 7) is 1.86. The molecule has 27 heavy (non-hydrogen) atoms. The summed E-state index contributed by atoms with van der Waals surface area (Å²) in [5, 5.41) is 14.7. The topological polar surface area (TPSA) is 79.4 Å². The van der Waals surface area contributed by atoms with Crippen LogP contribution < -0.4 is 5.32 Å². The zero-order valence-corrected chi connectivity index (χ0v) is 15.1. The third-order valence-electron chi connectivity index (χ3n) is 4.53. The molecule has 0 aliphatic carbocycles. The summed E-state index contributed by atoms with van der Waals surface area (Å²) < 4.78 is 1.93. The molecule has 4 rings (SSSR count). The minimum atomic E-state index is -0.320. The van der Waals surface area contributed by atoms with Crippen LogP contribution in [0.25, 0.3) is 28.0 Å². The first-order valence-electron chi connectivity index (χ1n) is 8.69. The molecule has 1 N–H and O–H groups in total. The first kappa shape index (κ1) is 16.7. The number of imidazole rings is 1. The molecule has 0 saturated carbocycles. The number of aromatic nitrogens is 4. The molecule has 0 bridgehead atoms. The van der Waals surface area contributed by atoms with Gasteiger partial charge in [-0.15, -0.1) is 0 Å². The smallest absolute Gasteiger partial charge is 0.224 e. The summed E-state index contributed by atoms with van der Waals surface area (Å²) in [4.78, 5) is 13.4. The molecule has 1 atom stereocenters. The van der Waals surface area contributed by atoms with Crippen molar-refractivity contribution in [1.29, 1.82) is 5.26 Å². The SMILES string of the molecule is CNc1nccc(-n2c(C(C)C#N)cnc2-c2ccc3ccccc3c2)n1. The van der Waals surface area contributed by atoms with E-state index in [4.69, 9.17) is 0 Å². The Bertz CT molecular complexity index is 1150. The Morgan fingerprint density at radius 3 is 2.67 bits per heavy atom. The summed E-state index contributed by atoms with van der Waals surface area (Å²) in [6.07, 6.45) is 3.44. The van der Waals surface area contributed by atoms with Crippen LogP contribution in [-0.4, -0.2) is 26.6 Å². The van der Waals surface area contributed by atoms with E-state index in [1.165, 1.54) is 5.39 Å². The minimum Gasteiger partial charge on any atom is -0.357 e. The highest BCUT2D eigenvalue weighted by Crippen LogP contribution is 2.29. The highest BCUT2D eigenvalue weighted by molar-refractivity contribution is 5.86. The Labute approximate surface area is 157 Å². The monoisotopic (exact) mass is 354 g/mol. The van der Waals surface area contributed by atoms with Crippen LogP contribution >= 0.6 is 0 Å². The van der Waals surface area contributed by atoms with Gasteiger partial charge >= 0.3 is 0 Å². The van der Waals surface area contributed by atoms with E-state index in [0.717, 1.165) is 22.5 Å². The van der Waals surface area contributed by atoms with Gasteiger partial charge in [-0.05, 0) is 29.8 Å². The normalized spacial score (nSPS) is 11.9. The second kappa shape index (κ2) is 6.89. The maximum Gasteiger partial charge on any atom is 0.224 e. The number of nitrogens with zero attached hydrogens (tertiary/aromatic N) is 5. The van der Waals surface area contributed by atoms with Gasteiger partial charge in [0.15, 0.2) is 0 Å². The van der Waals surface area contributed by atoms with Crippen LogP contribution in [0.1, 0.15) is 18.5 Å². The first-order valence-corrected chi connectivity index (χ1v) is 8.69. The van der Waals surface area contributed by atoms with Crippen LogP contribution in [0.15, 0.2) is 60.9 Å². The maximum atomic E-state index is 9.45. The largest absolute Gasteiger partial charge is 0.357 e. The quantitative estimate of drug-likeness (QED) is 0.595. The molecule has 6 nitrogen and oxygen atoms in total. The average Bonchev–Trinajstić information content (AvgIpc) is 3.18. The Kier molecular flexibility index (Phi) is 4.27. The summed E-state index contributed by atoms with van der Waals surface area (Å²) >= 11 is 0. The van der Waals surface area contributed by atoms with Crippen LogP contribution in [0.4, 0.5) is 5.95 Å². The van der Waals surface area contributed by atoms with Crippen LogP contribution in [0.3, 0.4) is 0 Å². The molecule has 0 spiro atoms. The van der Waals surface area contributed by atoms with E-state index in [-0.39, 0.29) is 5.92 Å². The Morgan fingerprint density at radius 2 is 1.89 bits per heavy atom. The Morgan fingerprint density at radius 1 is 1.07 bits per heavy atom. The van der Waals surface area contributed by atoms with Crippen molar-refractivity contribution >= 4 is 16.7 Å². The van der Waals surface area contributed by atoms with E-state index in [1.54, 1.807) is 19.4 Å². The fourth-order valence-electron chi connectivity index (χ4n) is 3.10. The highest BCUT2D eigenvalue weighted by Gasteiger charge is 2.19. The second-order valence-electron chi connectivity index (χ2n) is 6.24. The van der Waals surface area contributed by atoms with Crippen LogP contribution in [-0.2, 0) is 0 Å². The molecular formula is C21H18N6. The Hall–Kier alpha value is -3.72. The van der Waals surface area contributed by atoms with Gasteiger partial charge in [0.1, 0.15) is 11.6 Å². The van der Waals surface area contributed by atoms with Crippen molar-refractivity contribution in [3.8, 4) is 23.3 Å². The van der Waals surface area contributed by atoms with E-state index >= 15 is 0 Å². The molecule has 2 aromatic carbocycles. The van der Waals surface area contributed by atoms with E-state index in [2.05, 4.69) is 50.6 Å². The number of benzene rings is 2. The molecule has 4 aromatic rings. The van der Waals surface area contributed by atoms with Gasteiger partial charge in [0.05, 0.1) is 23.9 Å². The minimum absolute atomic E-state index is 0.320. The molecule has 0 radical (unpaired) electrons. The van der Waals surface area contributed by atoms with E-state index in [9.17, 15) is 5.26 Å². The molecule has 2 aromatic heterocycles. The molecule has 0 saturated heterocycles. The van der Waals surface area contributed by atoms with E-state index in [0.29, 0.717) is 11.8 Å². The molecule has 0 aliphatic heterocycles. The van der Waals surface area contributed by atoms with Gasteiger partial charge in [0.25, 0.3) is 0 Å². The standard InChI is InChI=1S/C21H18N6/c1-14(12-22)18-13-25-20(27(18)19-9-10-24-21(23-2)26-19)17-8-7-15-5-3-4-6-16(15)11-17/h3-11,13-14H,1-2H3,(H,23,24,26). The summed E-state index contributed by atoms with van der Waals surface area (Å²) in [5.74, 6) is 1.62. The second-order valence-corrected chi connectivity index (χ2v) is 6.24. The molecule has 0 aliphatic rings. The van der Waals surface area contributed by atoms with Crippen molar-refractivity contribution in [2.45, 2.75) is 12.8 Å². The van der Waals surface area contributed by atoms with E-state index < -0.39 is 0 Å². The third-order valence-corrected chi connectivity index (χ3v) is 4.53. The van der Waals surface area contributed by atoms with Crippen LogP contribution in [0.5, 0.6) is 0 Å². The average molecular weight is 354 g/mol. The highest BCUT2D eigenvalue weighted by atomic mass is 15.2. The van der Waals surface area contributed by atoms with Gasteiger partial charge in [-0.1, -0.05) is 36.4 Å². The lowest BCUT2D eigenvalue weighted by Gasteiger charge is -2.13. The van der Waals surface area contributed by atoms with Crippen molar-refractivity contribution in [2.75, 3.05) is 12.4 Å². The summed E-state index contributed by atoms with van der Waals surface area (Å²) in [6, 6.07) is 18.5. The third kappa shape index (κ3) is 3.00. The zero-order chi connectivity index (χ0) is 18.8. The molecule has 1 unspecified atom stereocenters. The lowest BCUT2D eigenvalue weighted by molar-refractivity contribution is 0.845. The molecule has 0 fully saturated rings. The van der Waals surface area contributed by atoms with Crippen molar-refractivity contribution in [3.63, 3.8) is 0 Å². The molecule has 6 heteroatoms. The van der Waals surface area contributed by atoms with Gasteiger partial charge in [-0.3, -0.25) is 4.57 Å². The number of hydrogen-bond acceptors (Lipinski definition) is 5. The van der Waals surface area contributed by atoms with Crippen molar-refractivity contribution in [1.82, 2.24) is 19.5 Å². The number of fused-ring (bicyclic) bond motifs is 1. The number of rotatable bonds is 4. The fourth-order valence-corrected chi connectivity index (χ4v) is 3.10. The summed E-state index contributed by atoms with van der Waals surface area (Å²) in [5.41, 5.74) is 1.76. The predicted molar refractivity (Wildman–Crippen MR) is 106 cm³/mol. The number of hydrogen-bond donors (Lipinski definition) is 1. The zero-order valence-electron chi connectivity index (χ0n) is 15.1. The van der Waals surface area contributed by atoms with Crippen LogP contribution in [0.2, 0.25) is 0 Å². The van der Waals surface area contributed by atoms with Crippen molar-refractivity contribution in [3.05, 3.63) is 66.6 Å². The van der Waals surface area contributed by atoms with Gasteiger partial charge in [0, 0.05) is 18.8 Å². The number of nitriles is 1. The van der Waals surface area contributed by atoms with Crippen molar-refractivity contribution in [2.24, 2.45) is 0 Å². The fraction of sp³-hybridized carbons (Fsp3) is 0.143. The first-order chi connectivity index (χ1) is 13.2. The number of nitrogens with one attached hydrogen (secondary N) is 1. The molecule has 132 valence electrons. The van der Waals surface area contributed by atoms with E-state index in [1.807, 2.05) is 35.8 Å². The Balaban J connectivity index is 1.94. The number of anilines is 1. The maximum absolute atomic E-state index is 9.45. The lowest BCUT2D eigenvalue weighted by atomic mass is 10.1. The van der Waals surface area contributed by atoms with Crippen molar-refractivity contribution < 1.29 is 0 Å². The van der Waals surface area contributed by atoms with Gasteiger partial charge < -0.3 is 5.32 Å².